The zero-order valence-corrected chi connectivity index (χ0v) is 12.5. The van der Waals surface area contributed by atoms with E-state index < -0.39 is 0 Å². The van der Waals surface area contributed by atoms with Gasteiger partial charge in [0, 0.05) is 29.8 Å². The van der Waals surface area contributed by atoms with E-state index in [2.05, 4.69) is 11.6 Å². The van der Waals surface area contributed by atoms with Gasteiger partial charge in [0.2, 0.25) is 5.91 Å². The van der Waals surface area contributed by atoms with Crippen molar-refractivity contribution in [3.8, 4) is 11.3 Å². The summed E-state index contributed by atoms with van der Waals surface area (Å²) < 4.78 is 0. The lowest BCUT2D eigenvalue weighted by atomic mass is 10.2. The molecule has 0 atom stereocenters. The van der Waals surface area contributed by atoms with E-state index in [0.717, 1.165) is 11.3 Å². The number of hydrogen-bond acceptors (Lipinski definition) is 3. The van der Waals surface area contributed by atoms with Crippen molar-refractivity contribution in [3.05, 3.63) is 48.4 Å². The van der Waals surface area contributed by atoms with E-state index in [-0.39, 0.29) is 5.91 Å². The molecule has 20 heavy (non-hydrogen) atoms. The number of hydrogen-bond donors (Lipinski definition) is 0. The van der Waals surface area contributed by atoms with Gasteiger partial charge < -0.3 is 0 Å². The summed E-state index contributed by atoms with van der Waals surface area (Å²) in [5.41, 5.74) is 1.91. The summed E-state index contributed by atoms with van der Waals surface area (Å²) in [7, 11) is 0. The molecule has 5 heteroatoms. The van der Waals surface area contributed by atoms with Crippen molar-refractivity contribution in [2.75, 3.05) is 17.3 Å². The minimum Gasteiger partial charge on any atom is -0.284 e. The predicted molar refractivity (Wildman–Crippen MR) is 85.4 cm³/mol. The molecule has 0 saturated heterocycles. The molecule has 0 radical (unpaired) electrons. The molecule has 0 spiro atoms. The number of halogens is 1. The molecule has 104 valence electrons. The van der Waals surface area contributed by atoms with Crippen LogP contribution in [0.15, 0.2) is 48.4 Å². The molecule has 0 N–H and O–H groups in total. The Labute approximate surface area is 127 Å². The Hall–Kier alpha value is -1.65. The maximum atomic E-state index is 12.0. The molecule has 0 saturated carbocycles. The predicted octanol–water partition coefficient (Wildman–Crippen LogP) is 3.96. The van der Waals surface area contributed by atoms with Crippen LogP contribution in [0.3, 0.4) is 0 Å². The molecule has 0 bridgehead atoms. The molecule has 2 rings (SSSR count). The summed E-state index contributed by atoms with van der Waals surface area (Å²) in [4.78, 5) is 18.2. The van der Waals surface area contributed by atoms with E-state index in [9.17, 15) is 4.79 Å². The van der Waals surface area contributed by atoms with Crippen LogP contribution in [0, 0.1) is 0 Å². The van der Waals surface area contributed by atoms with E-state index in [4.69, 9.17) is 11.6 Å². The summed E-state index contributed by atoms with van der Waals surface area (Å²) in [6.45, 7) is 4.13. The third kappa shape index (κ3) is 3.46. The number of anilines is 1. The minimum absolute atomic E-state index is 0.0335. The number of carbonyl (C=O) groups excluding carboxylic acids is 1. The van der Waals surface area contributed by atoms with Crippen LogP contribution in [0.4, 0.5) is 5.13 Å². The van der Waals surface area contributed by atoms with Gasteiger partial charge in [-0.2, -0.15) is 0 Å². The van der Waals surface area contributed by atoms with Crippen molar-refractivity contribution in [2.45, 2.75) is 6.42 Å². The molecular formula is C15H15ClN2OS. The van der Waals surface area contributed by atoms with Gasteiger partial charge in [-0.25, -0.2) is 4.98 Å². The van der Waals surface area contributed by atoms with Crippen LogP contribution in [0.1, 0.15) is 6.42 Å². The average Bonchev–Trinajstić information content (AvgIpc) is 2.95. The van der Waals surface area contributed by atoms with Gasteiger partial charge in [0.05, 0.1) is 5.69 Å². The van der Waals surface area contributed by atoms with Crippen LogP contribution < -0.4 is 4.90 Å². The third-order valence-corrected chi connectivity index (χ3v) is 3.77. The van der Waals surface area contributed by atoms with Crippen LogP contribution >= 0.6 is 22.9 Å². The van der Waals surface area contributed by atoms with Crippen LogP contribution in [0.25, 0.3) is 11.3 Å². The highest BCUT2D eigenvalue weighted by Crippen LogP contribution is 2.27. The van der Waals surface area contributed by atoms with Crippen LogP contribution in [0.5, 0.6) is 0 Å². The van der Waals surface area contributed by atoms with Gasteiger partial charge in [-0.3, -0.25) is 9.69 Å². The first-order chi connectivity index (χ1) is 9.76. The van der Waals surface area contributed by atoms with Crippen molar-refractivity contribution in [2.24, 2.45) is 0 Å². The van der Waals surface area contributed by atoms with Crippen molar-refractivity contribution >= 4 is 34.0 Å². The Morgan fingerprint density at radius 2 is 2.15 bits per heavy atom. The number of alkyl halides is 1. The molecule has 0 unspecified atom stereocenters. The summed E-state index contributed by atoms with van der Waals surface area (Å²) in [5, 5.41) is 2.63. The van der Waals surface area contributed by atoms with Crippen LogP contribution in [-0.4, -0.2) is 23.3 Å². The first-order valence-corrected chi connectivity index (χ1v) is 7.66. The molecule has 0 aliphatic rings. The number of amides is 1. The highest BCUT2D eigenvalue weighted by atomic mass is 35.5. The SMILES string of the molecule is C=CCN(C(=O)CCCl)c1nc(-c2ccccc2)cs1. The molecule has 0 aliphatic carbocycles. The first-order valence-electron chi connectivity index (χ1n) is 6.24. The highest BCUT2D eigenvalue weighted by molar-refractivity contribution is 7.14. The van der Waals surface area contributed by atoms with Gasteiger partial charge in [0.1, 0.15) is 0 Å². The quantitative estimate of drug-likeness (QED) is 0.598. The second-order valence-corrected chi connectivity index (χ2v) is 5.33. The van der Waals surface area contributed by atoms with Crippen LogP contribution in [0.2, 0.25) is 0 Å². The summed E-state index contributed by atoms with van der Waals surface area (Å²) in [6, 6.07) is 9.89. The van der Waals surface area contributed by atoms with E-state index in [1.54, 1.807) is 11.0 Å². The fourth-order valence-corrected chi connectivity index (χ4v) is 2.78. The summed E-state index contributed by atoms with van der Waals surface area (Å²) >= 11 is 7.09. The van der Waals surface area contributed by atoms with Crippen molar-refractivity contribution < 1.29 is 4.79 Å². The largest absolute Gasteiger partial charge is 0.284 e. The van der Waals surface area contributed by atoms with Crippen molar-refractivity contribution in [1.82, 2.24) is 4.98 Å². The maximum absolute atomic E-state index is 12.0. The second-order valence-electron chi connectivity index (χ2n) is 4.11. The van der Waals surface area contributed by atoms with Gasteiger partial charge in [0.15, 0.2) is 5.13 Å². The van der Waals surface area contributed by atoms with Gasteiger partial charge in [-0.15, -0.1) is 29.5 Å². The lowest BCUT2D eigenvalue weighted by molar-refractivity contribution is -0.118. The second kappa shape index (κ2) is 7.22. The molecule has 1 heterocycles. The van der Waals surface area contributed by atoms with Gasteiger partial charge in [-0.1, -0.05) is 36.4 Å². The normalized spacial score (nSPS) is 10.2. The Bertz CT molecular complexity index is 583. The monoisotopic (exact) mass is 306 g/mol. The van der Waals surface area contributed by atoms with Crippen molar-refractivity contribution in [1.29, 1.82) is 0 Å². The number of aromatic nitrogens is 1. The fourth-order valence-electron chi connectivity index (χ4n) is 1.76. The molecule has 3 nitrogen and oxygen atoms in total. The van der Waals surface area contributed by atoms with E-state index in [0.29, 0.717) is 24.0 Å². The topological polar surface area (TPSA) is 33.2 Å². The molecule has 0 fully saturated rings. The lowest BCUT2D eigenvalue weighted by Crippen LogP contribution is -2.31. The van der Waals surface area contributed by atoms with Gasteiger partial charge in [-0.05, 0) is 0 Å². The number of carbonyl (C=O) groups is 1. The van der Waals surface area contributed by atoms with Gasteiger partial charge in [0.25, 0.3) is 0 Å². The van der Waals surface area contributed by atoms with E-state index in [1.807, 2.05) is 35.7 Å². The molecule has 1 aromatic carbocycles. The summed E-state index contributed by atoms with van der Waals surface area (Å²) in [6.07, 6.45) is 1.99. The molecule has 0 aliphatic heterocycles. The number of rotatable bonds is 6. The van der Waals surface area contributed by atoms with E-state index in [1.165, 1.54) is 11.3 Å². The zero-order chi connectivity index (χ0) is 14.4. The Balaban J connectivity index is 2.25. The molecule has 1 amide bonds. The van der Waals surface area contributed by atoms with Crippen LogP contribution in [-0.2, 0) is 4.79 Å². The van der Waals surface area contributed by atoms with E-state index >= 15 is 0 Å². The van der Waals surface area contributed by atoms with Crippen molar-refractivity contribution in [3.63, 3.8) is 0 Å². The maximum Gasteiger partial charge on any atom is 0.230 e. The fraction of sp³-hybridized carbons (Fsp3) is 0.200. The number of benzene rings is 1. The standard InChI is InChI=1S/C15H15ClN2OS/c1-2-10-18(14(19)8-9-16)15-17-13(11-20-15)12-6-4-3-5-7-12/h2-7,11H,1,8-10H2. The molecular weight excluding hydrogens is 292 g/mol. The number of nitrogens with zero attached hydrogens (tertiary/aromatic N) is 2. The number of thiazole rings is 1. The molecule has 1 aromatic heterocycles. The Morgan fingerprint density at radius 3 is 2.80 bits per heavy atom. The average molecular weight is 307 g/mol. The summed E-state index contributed by atoms with van der Waals surface area (Å²) in [5.74, 6) is 0.275. The zero-order valence-electron chi connectivity index (χ0n) is 11.0. The lowest BCUT2D eigenvalue weighted by Gasteiger charge is -2.17. The van der Waals surface area contributed by atoms with Gasteiger partial charge >= 0.3 is 0 Å². The third-order valence-electron chi connectivity index (χ3n) is 2.71. The molecule has 2 aromatic rings. The minimum atomic E-state index is -0.0335. The smallest absolute Gasteiger partial charge is 0.230 e. The first kappa shape index (κ1) is 14.8. The Kier molecular flexibility index (Phi) is 5.32. The Morgan fingerprint density at radius 1 is 1.40 bits per heavy atom. The highest BCUT2D eigenvalue weighted by Gasteiger charge is 2.17.